The molecule has 3 heteroatoms. The first kappa shape index (κ1) is 14.4. The third-order valence-corrected chi connectivity index (χ3v) is 4.00. The Morgan fingerprint density at radius 3 is 2.37 bits per heavy atom. The van der Waals surface area contributed by atoms with Crippen LogP contribution in [0.25, 0.3) is 0 Å². The molecule has 0 aliphatic carbocycles. The highest BCUT2D eigenvalue weighted by Crippen LogP contribution is 2.36. The van der Waals surface area contributed by atoms with Gasteiger partial charge in [0, 0.05) is 11.6 Å². The molecule has 2 rings (SSSR count). The molecule has 0 spiro atoms. The molecular weight excluding hydrogens is 236 g/mol. The Balaban J connectivity index is 2.46. The van der Waals surface area contributed by atoms with Gasteiger partial charge in [-0.05, 0) is 52.3 Å². The van der Waals surface area contributed by atoms with Crippen LogP contribution in [0.15, 0.2) is 12.1 Å². The molecule has 2 N–H and O–H groups in total. The van der Waals surface area contributed by atoms with Crippen LogP contribution in [0.2, 0.25) is 0 Å². The number of nitrogens with zero attached hydrogens (tertiary/aromatic N) is 1. The highest BCUT2D eigenvalue weighted by Gasteiger charge is 2.29. The van der Waals surface area contributed by atoms with E-state index in [1.54, 1.807) is 7.11 Å². The zero-order chi connectivity index (χ0) is 14.0. The Morgan fingerprint density at radius 1 is 1.21 bits per heavy atom. The SMILES string of the molecule is COc1c(C)cc(C)cc1C(C(C)N)N1CCCC1. The number of benzene rings is 1. The van der Waals surface area contributed by atoms with Crippen molar-refractivity contribution in [1.29, 1.82) is 0 Å². The van der Waals surface area contributed by atoms with Crippen LogP contribution >= 0.6 is 0 Å². The van der Waals surface area contributed by atoms with Gasteiger partial charge in [0.05, 0.1) is 13.2 Å². The lowest BCUT2D eigenvalue weighted by atomic mass is 9.94. The first-order valence-electron chi connectivity index (χ1n) is 7.19. The summed E-state index contributed by atoms with van der Waals surface area (Å²) in [6.45, 7) is 8.63. The van der Waals surface area contributed by atoms with Crippen LogP contribution in [0.1, 0.15) is 42.5 Å². The number of nitrogens with two attached hydrogens (primary N) is 1. The smallest absolute Gasteiger partial charge is 0.126 e. The summed E-state index contributed by atoms with van der Waals surface area (Å²) in [6.07, 6.45) is 2.55. The van der Waals surface area contributed by atoms with E-state index in [-0.39, 0.29) is 12.1 Å². The lowest BCUT2D eigenvalue weighted by molar-refractivity contribution is 0.214. The Labute approximate surface area is 116 Å². The highest BCUT2D eigenvalue weighted by atomic mass is 16.5. The zero-order valence-electron chi connectivity index (χ0n) is 12.6. The minimum atomic E-state index is 0.105. The number of methoxy groups -OCH3 is 1. The first-order valence-corrected chi connectivity index (χ1v) is 7.19. The Hall–Kier alpha value is -1.06. The summed E-state index contributed by atoms with van der Waals surface area (Å²) in [5, 5.41) is 0. The predicted molar refractivity (Wildman–Crippen MR) is 79.7 cm³/mol. The molecule has 0 amide bonds. The molecule has 19 heavy (non-hydrogen) atoms. The minimum Gasteiger partial charge on any atom is -0.496 e. The topological polar surface area (TPSA) is 38.5 Å². The van der Waals surface area contributed by atoms with Crippen LogP contribution in [0.3, 0.4) is 0 Å². The third kappa shape index (κ3) is 2.93. The molecular formula is C16H26N2O. The predicted octanol–water partition coefficient (Wildman–Crippen LogP) is 2.80. The van der Waals surface area contributed by atoms with E-state index in [9.17, 15) is 0 Å². The van der Waals surface area contributed by atoms with E-state index in [0.717, 1.165) is 18.8 Å². The monoisotopic (exact) mass is 262 g/mol. The Bertz CT molecular complexity index is 437. The van der Waals surface area contributed by atoms with E-state index in [2.05, 4.69) is 37.8 Å². The van der Waals surface area contributed by atoms with Crippen molar-refractivity contribution in [2.45, 2.75) is 45.7 Å². The van der Waals surface area contributed by atoms with E-state index in [1.807, 2.05) is 0 Å². The number of hydrogen-bond donors (Lipinski definition) is 1. The van der Waals surface area contributed by atoms with Gasteiger partial charge in [0.1, 0.15) is 5.75 Å². The molecule has 3 nitrogen and oxygen atoms in total. The van der Waals surface area contributed by atoms with Gasteiger partial charge in [-0.25, -0.2) is 0 Å². The average Bonchev–Trinajstić information content (AvgIpc) is 2.81. The molecule has 106 valence electrons. The van der Waals surface area contributed by atoms with Crippen molar-refractivity contribution in [3.05, 3.63) is 28.8 Å². The summed E-state index contributed by atoms with van der Waals surface area (Å²) in [5.74, 6) is 1.000. The fourth-order valence-corrected chi connectivity index (χ4v) is 3.32. The summed E-state index contributed by atoms with van der Waals surface area (Å²) in [6, 6.07) is 4.77. The summed E-state index contributed by atoms with van der Waals surface area (Å²) in [4.78, 5) is 2.50. The lowest BCUT2D eigenvalue weighted by Gasteiger charge is -2.32. The van der Waals surface area contributed by atoms with Crippen molar-refractivity contribution >= 4 is 0 Å². The van der Waals surface area contributed by atoms with Crippen molar-refractivity contribution in [2.24, 2.45) is 5.73 Å². The molecule has 1 aromatic rings. The maximum Gasteiger partial charge on any atom is 0.126 e. The third-order valence-electron chi connectivity index (χ3n) is 4.00. The van der Waals surface area contributed by atoms with Gasteiger partial charge in [-0.2, -0.15) is 0 Å². The second kappa shape index (κ2) is 5.93. The Morgan fingerprint density at radius 2 is 1.84 bits per heavy atom. The standard InChI is InChI=1S/C16H26N2O/c1-11-9-12(2)16(19-4)14(10-11)15(13(3)17)18-7-5-6-8-18/h9-10,13,15H,5-8,17H2,1-4H3. The van der Waals surface area contributed by atoms with Gasteiger partial charge in [-0.15, -0.1) is 0 Å². The normalized spacial score (nSPS) is 19.4. The van der Waals surface area contributed by atoms with Crippen molar-refractivity contribution in [3.63, 3.8) is 0 Å². The maximum absolute atomic E-state index is 6.28. The van der Waals surface area contributed by atoms with Crippen molar-refractivity contribution in [2.75, 3.05) is 20.2 Å². The van der Waals surface area contributed by atoms with Gasteiger partial charge < -0.3 is 10.5 Å². The van der Waals surface area contributed by atoms with Crippen molar-refractivity contribution < 1.29 is 4.74 Å². The van der Waals surface area contributed by atoms with Gasteiger partial charge in [0.25, 0.3) is 0 Å². The minimum absolute atomic E-state index is 0.105. The quantitative estimate of drug-likeness (QED) is 0.907. The number of ether oxygens (including phenoxy) is 1. The van der Waals surface area contributed by atoms with E-state index >= 15 is 0 Å². The van der Waals surface area contributed by atoms with Crippen molar-refractivity contribution in [1.82, 2.24) is 4.90 Å². The van der Waals surface area contributed by atoms with E-state index in [1.165, 1.54) is 29.5 Å². The molecule has 1 aliphatic heterocycles. The molecule has 1 saturated heterocycles. The average molecular weight is 262 g/mol. The van der Waals surface area contributed by atoms with E-state index in [4.69, 9.17) is 10.5 Å². The lowest BCUT2D eigenvalue weighted by Crippen LogP contribution is -2.38. The Kier molecular flexibility index (Phi) is 4.48. The van der Waals surface area contributed by atoms with Gasteiger partial charge in [0.15, 0.2) is 0 Å². The molecule has 0 radical (unpaired) electrons. The van der Waals surface area contributed by atoms with Crippen LogP contribution in [0.4, 0.5) is 0 Å². The van der Waals surface area contributed by atoms with Crippen LogP contribution in [-0.4, -0.2) is 31.1 Å². The molecule has 1 aliphatic rings. The number of aryl methyl sites for hydroxylation is 2. The molecule has 0 aromatic heterocycles. The van der Waals surface area contributed by atoms with E-state index in [0.29, 0.717) is 0 Å². The fourth-order valence-electron chi connectivity index (χ4n) is 3.32. The molecule has 2 unspecified atom stereocenters. The molecule has 0 saturated carbocycles. The van der Waals surface area contributed by atoms with Crippen LogP contribution < -0.4 is 10.5 Å². The largest absolute Gasteiger partial charge is 0.496 e. The summed E-state index contributed by atoms with van der Waals surface area (Å²) < 4.78 is 5.64. The van der Waals surface area contributed by atoms with Gasteiger partial charge >= 0.3 is 0 Å². The van der Waals surface area contributed by atoms with Gasteiger partial charge in [-0.1, -0.05) is 17.7 Å². The number of likely N-dealkylation sites (tertiary alicyclic amines) is 1. The molecule has 2 atom stereocenters. The molecule has 1 fully saturated rings. The maximum atomic E-state index is 6.28. The van der Waals surface area contributed by atoms with Crippen LogP contribution in [-0.2, 0) is 0 Å². The number of rotatable bonds is 4. The van der Waals surface area contributed by atoms with Gasteiger partial charge in [-0.3, -0.25) is 4.90 Å². The van der Waals surface area contributed by atoms with Crippen LogP contribution in [0.5, 0.6) is 5.75 Å². The summed E-state index contributed by atoms with van der Waals surface area (Å²) >= 11 is 0. The zero-order valence-corrected chi connectivity index (χ0v) is 12.6. The highest BCUT2D eigenvalue weighted by molar-refractivity contribution is 5.46. The second-order valence-electron chi connectivity index (χ2n) is 5.75. The second-order valence-corrected chi connectivity index (χ2v) is 5.75. The summed E-state index contributed by atoms with van der Waals surface area (Å²) in [7, 11) is 1.75. The number of hydrogen-bond acceptors (Lipinski definition) is 3. The molecule has 1 heterocycles. The van der Waals surface area contributed by atoms with E-state index < -0.39 is 0 Å². The van der Waals surface area contributed by atoms with Gasteiger partial charge in [0.2, 0.25) is 0 Å². The first-order chi connectivity index (χ1) is 9.04. The van der Waals surface area contributed by atoms with Crippen LogP contribution in [0, 0.1) is 13.8 Å². The molecule has 0 bridgehead atoms. The summed E-state index contributed by atoms with van der Waals surface area (Å²) in [5.41, 5.74) is 9.99. The molecule has 1 aromatic carbocycles. The fraction of sp³-hybridized carbons (Fsp3) is 0.625. The van der Waals surface area contributed by atoms with Crippen molar-refractivity contribution in [3.8, 4) is 5.75 Å².